The maximum Gasteiger partial charge on any atom is 0.257 e. The number of benzene rings is 1. The molecule has 0 atom stereocenters. The van der Waals surface area contributed by atoms with Crippen molar-refractivity contribution in [3.8, 4) is 0 Å². The molecule has 6 heteroatoms. The number of nitrogens with zero attached hydrogens (tertiary/aromatic N) is 1. The highest BCUT2D eigenvalue weighted by molar-refractivity contribution is 7.13. The second-order valence-electron chi connectivity index (χ2n) is 5.92. The van der Waals surface area contributed by atoms with Crippen LogP contribution in [0.1, 0.15) is 37.7 Å². The number of hydrogen-bond donors (Lipinski definition) is 1. The number of hydrogen-bond acceptors (Lipinski definition) is 3. The summed E-state index contributed by atoms with van der Waals surface area (Å²) in [6, 6.07) is 3.54. The number of amides is 1. The number of nitrogens with one attached hydrogen (secondary N) is 1. The van der Waals surface area contributed by atoms with E-state index in [0.717, 1.165) is 31.4 Å². The Kier molecular flexibility index (Phi) is 5.35. The summed E-state index contributed by atoms with van der Waals surface area (Å²) in [6.07, 6.45) is 8.92. The van der Waals surface area contributed by atoms with Crippen molar-refractivity contribution in [1.29, 1.82) is 0 Å². The highest BCUT2D eigenvalue weighted by Gasteiger charge is 2.18. The first-order chi connectivity index (χ1) is 11.6. The van der Waals surface area contributed by atoms with Gasteiger partial charge in [0.05, 0.1) is 0 Å². The van der Waals surface area contributed by atoms with E-state index >= 15 is 0 Å². The van der Waals surface area contributed by atoms with Crippen LogP contribution >= 0.6 is 11.3 Å². The molecule has 1 amide bonds. The Hall–Kier alpha value is -2.08. The molecule has 0 spiro atoms. The molecule has 0 bridgehead atoms. The smallest absolute Gasteiger partial charge is 0.257 e. The van der Waals surface area contributed by atoms with Gasteiger partial charge in [0.15, 0.2) is 16.8 Å². The SMILES string of the molecule is O=C(Nc1nccs1)C(=CCC1CCCC1)c1ccc(F)c(F)c1. The highest BCUT2D eigenvalue weighted by Crippen LogP contribution is 2.30. The highest BCUT2D eigenvalue weighted by atomic mass is 32.1. The van der Waals surface area contributed by atoms with Crippen molar-refractivity contribution < 1.29 is 13.6 Å². The minimum Gasteiger partial charge on any atom is -0.298 e. The minimum absolute atomic E-state index is 0.353. The number of carbonyl (C=O) groups is 1. The largest absolute Gasteiger partial charge is 0.298 e. The first kappa shape index (κ1) is 16.8. The van der Waals surface area contributed by atoms with Gasteiger partial charge in [-0.3, -0.25) is 10.1 Å². The van der Waals surface area contributed by atoms with Crippen molar-refractivity contribution in [2.45, 2.75) is 32.1 Å². The third-order valence-corrected chi connectivity index (χ3v) is 4.95. The second-order valence-corrected chi connectivity index (χ2v) is 6.82. The molecule has 3 rings (SSSR count). The van der Waals surface area contributed by atoms with Crippen molar-refractivity contribution >= 4 is 27.9 Å². The third-order valence-electron chi connectivity index (χ3n) is 4.26. The Morgan fingerprint density at radius 2 is 2.08 bits per heavy atom. The first-order valence-electron chi connectivity index (χ1n) is 8.00. The molecule has 1 fully saturated rings. The molecule has 1 aliphatic carbocycles. The summed E-state index contributed by atoms with van der Waals surface area (Å²) < 4.78 is 26.8. The predicted octanol–water partition coefficient (Wildman–Crippen LogP) is 5.02. The molecule has 1 N–H and O–H groups in total. The van der Waals surface area contributed by atoms with Crippen molar-refractivity contribution in [2.24, 2.45) is 5.92 Å². The number of aromatic nitrogens is 1. The number of anilines is 1. The van der Waals surface area contributed by atoms with Crippen LogP contribution in [0.3, 0.4) is 0 Å². The van der Waals surface area contributed by atoms with Gasteiger partial charge in [0.1, 0.15) is 0 Å². The van der Waals surface area contributed by atoms with Gasteiger partial charge < -0.3 is 0 Å². The first-order valence-corrected chi connectivity index (χ1v) is 8.88. The van der Waals surface area contributed by atoms with Crippen molar-refractivity contribution in [3.05, 3.63) is 53.0 Å². The molecular formula is C18H18F2N2OS. The van der Waals surface area contributed by atoms with Crippen LogP contribution in [-0.4, -0.2) is 10.9 Å². The molecule has 2 aromatic rings. The number of carbonyl (C=O) groups excluding carboxylic acids is 1. The molecule has 0 unspecified atom stereocenters. The zero-order valence-corrected chi connectivity index (χ0v) is 13.9. The lowest BCUT2D eigenvalue weighted by Gasteiger charge is -2.10. The van der Waals surface area contributed by atoms with Gasteiger partial charge in [-0.1, -0.05) is 37.8 Å². The number of thiazole rings is 1. The van der Waals surface area contributed by atoms with E-state index in [2.05, 4.69) is 10.3 Å². The van der Waals surface area contributed by atoms with Crippen LogP contribution in [0.15, 0.2) is 35.9 Å². The van der Waals surface area contributed by atoms with Gasteiger partial charge in [-0.2, -0.15) is 0 Å². The standard InChI is InChI=1S/C18H18F2N2OS/c19-15-8-6-13(11-16(15)20)14(7-5-12-3-1-2-4-12)17(23)22-18-21-9-10-24-18/h6-12H,1-5H2,(H,21,22,23). The van der Waals surface area contributed by atoms with E-state index < -0.39 is 11.6 Å². The molecule has 1 aromatic carbocycles. The van der Waals surface area contributed by atoms with Crippen molar-refractivity contribution in [3.63, 3.8) is 0 Å². The topological polar surface area (TPSA) is 42.0 Å². The third kappa shape index (κ3) is 4.06. The summed E-state index contributed by atoms with van der Waals surface area (Å²) >= 11 is 1.31. The molecule has 3 nitrogen and oxygen atoms in total. The van der Waals surface area contributed by atoms with Crippen molar-refractivity contribution in [2.75, 3.05) is 5.32 Å². The summed E-state index contributed by atoms with van der Waals surface area (Å²) in [5.74, 6) is -1.68. The van der Waals surface area contributed by atoms with Gasteiger partial charge in [-0.25, -0.2) is 13.8 Å². The fourth-order valence-corrected chi connectivity index (χ4v) is 3.51. The van der Waals surface area contributed by atoms with Gasteiger partial charge in [0.25, 0.3) is 5.91 Å². The van der Waals surface area contributed by atoms with Crippen LogP contribution < -0.4 is 5.32 Å². The molecule has 1 heterocycles. The molecule has 126 valence electrons. The van der Waals surface area contributed by atoms with Crippen LogP contribution in [0.25, 0.3) is 5.57 Å². The number of halogens is 2. The zero-order chi connectivity index (χ0) is 16.9. The van der Waals surface area contributed by atoms with Gasteiger partial charge in [0, 0.05) is 17.2 Å². The number of rotatable bonds is 5. The van der Waals surface area contributed by atoms with Crippen LogP contribution in [0, 0.1) is 17.6 Å². The fraction of sp³-hybridized carbons (Fsp3) is 0.333. The summed E-state index contributed by atoms with van der Waals surface area (Å²) in [5.41, 5.74) is 0.733. The lowest BCUT2D eigenvalue weighted by molar-refractivity contribution is -0.111. The Bertz CT molecular complexity index is 737. The summed E-state index contributed by atoms with van der Waals surface area (Å²) in [6.45, 7) is 0. The molecule has 1 saturated carbocycles. The van der Waals surface area contributed by atoms with E-state index in [1.165, 1.54) is 30.2 Å². The van der Waals surface area contributed by atoms with Crippen LogP contribution in [-0.2, 0) is 4.79 Å². The fourth-order valence-electron chi connectivity index (χ4n) is 2.99. The molecule has 1 aromatic heterocycles. The molecule has 1 aliphatic rings. The summed E-state index contributed by atoms with van der Waals surface area (Å²) in [5, 5.41) is 4.95. The van der Waals surface area contributed by atoms with Gasteiger partial charge in [-0.15, -0.1) is 11.3 Å². The zero-order valence-electron chi connectivity index (χ0n) is 13.1. The van der Waals surface area contributed by atoms with Crippen LogP contribution in [0.4, 0.5) is 13.9 Å². The lowest BCUT2D eigenvalue weighted by Crippen LogP contribution is -2.14. The second kappa shape index (κ2) is 7.66. The molecule has 0 aliphatic heterocycles. The summed E-state index contributed by atoms with van der Waals surface area (Å²) in [7, 11) is 0. The Labute approximate surface area is 143 Å². The van der Waals surface area contributed by atoms with E-state index in [4.69, 9.17) is 0 Å². The Morgan fingerprint density at radius 1 is 1.29 bits per heavy atom. The van der Waals surface area contributed by atoms with Crippen molar-refractivity contribution in [1.82, 2.24) is 4.98 Å². The maximum atomic E-state index is 13.6. The van der Waals surface area contributed by atoms with Gasteiger partial charge >= 0.3 is 0 Å². The average molecular weight is 348 g/mol. The van der Waals surface area contributed by atoms with Crippen LogP contribution in [0.2, 0.25) is 0 Å². The predicted molar refractivity (Wildman–Crippen MR) is 91.7 cm³/mol. The summed E-state index contributed by atoms with van der Waals surface area (Å²) in [4.78, 5) is 16.6. The van der Waals surface area contributed by atoms with E-state index in [1.54, 1.807) is 11.6 Å². The van der Waals surface area contributed by atoms with E-state index in [1.807, 2.05) is 6.08 Å². The average Bonchev–Trinajstić information content (AvgIpc) is 3.24. The molecule has 0 saturated heterocycles. The normalized spacial score (nSPS) is 15.7. The Balaban J connectivity index is 1.85. The van der Waals surface area contributed by atoms with Gasteiger partial charge in [-0.05, 0) is 30.0 Å². The lowest BCUT2D eigenvalue weighted by atomic mass is 9.98. The van der Waals surface area contributed by atoms with E-state index in [0.29, 0.717) is 22.2 Å². The molecule has 0 radical (unpaired) electrons. The Morgan fingerprint density at radius 3 is 2.75 bits per heavy atom. The molecule has 24 heavy (non-hydrogen) atoms. The number of allylic oxidation sites excluding steroid dienone is 1. The monoisotopic (exact) mass is 348 g/mol. The van der Waals surface area contributed by atoms with Crippen LogP contribution in [0.5, 0.6) is 0 Å². The molecular weight excluding hydrogens is 330 g/mol. The van der Waals surface area contributed by atoms with Gasteiger partial charge in [0.2, 0.25) is 0 Å². The maximum absolute atomic E-state index is 13.6. The quantitative estimate of drug-likeness (QED) is 0.771. The van der Waals surface area contributed by atoms with E-state index in [-0.39, 0.29) is 5.91 Å². The minimum atomic E-state index is -0.957. The van der Waals surface area contributed by atoms with E-state index in [9.17, 15) is 13.6 Å².